The molecule has 0 spiro atoms. The molecular formula is C19H20Cl2N2O4. The summed E-state index contributed by atoms with van der Waals surface area (Å²) in [5, 5.41) is 5.90. The Morgan fingerprint density at radius 2 is 1.81 bits per heavy atom. The second kappa shape index (κ2) is 10.0. The maximum absolute atomic E-state index is 12.1. The molecule has 0 saturated heterocycles. The molecule has 0 radical (unpaired) electrons. The Morgan fingerprint density at radius 1 is 1.04 bits per heavy atom. The Balaban J connectivity index is 1.86. The van der Waals surface area contributed by atoms with Crippen molar-refractivity contribution in [2.45, 2.75) is 13.5 Å². The predicted molar refractivity (Wildman–Crippen MR) is 105 cm³/mol. The number of hydrogen-bond acceptors (Lipinski definition) is 4. The SMILES string of the molecule is CCOc1ccc(CNC(=O)CNC(=O)c2ccc(Cl)cc2Cl)cc1OC. The standard InChI is InChI=1S/C19H20Cl2N2O4/c1-3-27-16-7-4-12(8-17(16)26-2)10-22-18(24)11-23-19(25)14-6-5-13(20)9-15(14)21/h4-9H,3,10-11H2,1-2H3,(H,22,24)(H,23,25). The Bertz CT molecular complexity index is 827. The van der Waals surface area contributed by atoms with E-state index in [1.807, 2.05) is 13.0 Å². The van der Waals surface area contributed by atoms with Crippen molar-refractivity contribution in [2.24, 2.45) is 0 Å². The van der Waals surface area contributed by atoms with Gasteiger partial charge in [0.05, 0.1) is 30.8 Å². The lowest BCUT2D eigenvalue weighted by Crippen LogP contribution is -2.36. The molecular weight excluding hydrogens is 391 g/mol. The van der Waals surface area contributed by atoms with Gasteiger partial charge in [-0.05, 0) is 42.8 Å². The van der Waals surface area contributed by atoms with E-state index in [0.717, 1.165) is 5.56 Å². The Morgan fingerprint density at radius 3 is 2.48 bits per heavy atom. The summed E-state index contributed by atoms with van der Waals surface area (Å²) in [7, 11) is 1.55. The van der Waals surface area contributed by atoms with Crippen LogP contribution < -0.4 is 20.1 Å². The van der Waals surface area contributed by atoms with Gasteiger partial charge in [-0.2, -0.15) is 0 Å². The van der Waals surface area contributed by atoms with Crippen LogP contribution in [0, 0.1) is 0 Å². The van der Waals surface area contributed by atoms with Gasteiger partial charge in [0.1, 0.15) is 0 Å². The van der Waals surface area contributed by atoms with Gasteiger partial charge in [0.2, 0.25) is 5.91 Å². The van der Waals surface area contributed by atoms with Crippen LogP contribution in [0.5, 0.6) is 11.5 Å². The Kier molecular flexibility index (Phi) is 7.76. The zero-order chi connectivity index (χ0) is 19.8. The van der Waals surface area contributed by atoms with Crippen LogP contribution in [0.3, 0.4) is 0 Å². The lowest BCUT2D eigenvalue weighted by Gasteiger charge is -2.12. The van der Waals surface area contributed by atoms with Crippen LogP contribution in [-0.4, -0.2) is 32.1 Å². The van der Waals surface area contributed by atoms with Crippen LogP contribution in [0.4, 0.5) is 0 Å². The molecule has 0 fully saturated rings. The van der Waals surface area contributed by atoms with Crippen molar-refractivity contribution in [2.75, 3.05) is 20.3 Å². The summed E-state index contributed by atoms with van der Waals surface area (Å²) >= 11 is 11.8. The maximum Gasteiger partial charge on any atom is 0.253 e. The summed E-state index contributed by atoms with van der Waals surface area (Å²) in [6, 6.07) is 9.94. The molecule has 0 aliphatic heterocycles. The Hall–Kier alpha value is -2.44. The molecule has 0 saturated carbocycles. The van der Waals surface area contributed by atoms with Crippen LogP contribution in [0.15, 0.2) is 36.4 Å². The molecule has 2 aromatic rings. The number of benzene rings is 2. The summed E-state index contributed by atoms with van der Waals surface area (Å²) in [5.41, 5.74) is 1.10. The van der Waals surface area contributed by atoms with Crippen molar-refractivity contribution in [1.82, 2.24) is 10.6 Å². The van der Waals surface area contributed by atoms with Crippen LogP contribution >= 0.6 is 23.2 Å². The first kappa shape index (κ1) is 20.9. The number of hydrogen-bond donors (Lipinski definition) is 2. The van der Waals surface area contributed by atoms with Gasteiger partial charge in [0, 0.05) is 11.6 Å². The first-order valence-electron chi connectivity index (χ1n) is 8.24. The van der Waals surface area contributed by atoms with Gasteiger partial charge in [0.25, 0.3) is 5.91 Å². The molecule has 0 aromatic heterocycles. The van der Waals surface area contributed by atoms with E-state index < -0.39 is 5.91 Å². The lowest BCUT2D eigenvalue weighted by atomic mass is 10.2. The number of carbonyl (C=O) groups excluding carboxylic acids is 2. The molecule has 8 heteroatoms. The average molecular weight is 411 g/mol. The van der Waals surface area contributed by atoms with Crippen LogP contribution in [-0.2, 0) is 11.3 Å². The minimum absolute atomic E-state index is 0.175. The van der Waals surface area contributed by atoms with Gasteiger partial charge < -0.3 is 20.1 Å². The largest absolute Gasteiger partial charge is 0.493 e. The molecule has 27 heavy (non-hydrogen) atoms. The van der Waals surface area contributed by atoms with Crippen LogP contribution in [0.1, 0.15) is 22.8 Å². The number of methoxy groups -OCH3 is 1. The normalized spacial score (nSPS) is 10.2. The van der Waals surface area contributed by atoms with Crippen LogP contribution in [0.25, 0.3) is 0 Å². The van der Waals surface area contributed by atoms with E-state index in [4.69, 9.17) is 32.7 Å². The van der Waals surface area contributed by atoms with E-state index in [-0.39, 0.29) is 23.0 Å². The third kappa shape index (κ3) is 6.05. The zero-order valence-corrected chi connectivity index (χ0v) is 16.5. The molecule has 6 nitrogen and oxygen atoms in total. The molecule has 2 aromatic carbocycles. The van der Waals surface area contributed by atoms with Crippen molar-refractivity contribution in [3.8, 4) is 11.5 Å². The van der Waals surface area contributed by atoms with E-state index in [9.17, 15) is 9.59 Å². The molecule has 0 aliphatic carbocycles. The molecule has 0 aliphatic rings. The number of halogens is 2. The quantitative estimate of drug-likeness (QED) is 0.698. The average Bonchev–Trinajstić information content (AvgIpc) is 2.65. The van der Waals surface area contributed by atoms with Gasteiger partial charge in [-0.3, -0.25) is 9.59 Å². The van der Waals surface area contributed by atoms with Gasteiger partial charge in [-0.1, -0.05) is 29.3 Å². The highest BCUT2D eigenvalue weighted by molar-refractivity contribution is 6.36. The van der Waals surface area contributed by atoms with Crippen molar-refractivity contribution in [1.29, 1.82) is 0 Å². The van der Waals surface area contributed by atoms with Crippen LogP contribution in [0.2, 0.25) is 10.0 Å². The molecule has 0 atom stereocenters. The molecule has 144 valence electrons. The minimum atomic E-state index is -0.449. The second-order valence-electron chi connectivity index (χ2n) is 5.50. The summed E-state index contributed by atoms with van der Waals surface area (Å²) in [4.78, 5) is 24.1. The van der Waals surface area contributed by atoms with E-state index in [1.54, 1.807) is 25.3 Å². The molecule has 0 heterocycles. The van der Waals surface area contributed by atoms with Gasteiger partial charge in [-0.15, -0.1) is 0 Å². The maximum atomic E-state index is 12.1. The van der Waals surface area contributed by atoms with Crippen molar-refractivity contribution in [3.05, 3.63) is 57.6 Å². The minimum Gasteiger partial charge on any atom is -0.493 e. The molecule has 0 bridgehead atoms. The van der Waals surface area contributed by atoms with E-state index >= 15 is 0 Å². The number of amides is 2. The van der Waals surface area contributed by atoms with Crippen molar-refractivity contribution in [3.63, 3.8) is 0 Å². The highest BCUT2D eigenvalue weighted by Gasteiger charge is 2.12. The first-order chi connectivity index (χ1) is 12.9. The van der Waals surface area contributed by atoms with Crippen molar-refractivity contribution >= 4 is 35.0 Å². The zero-order valence-electron chi connectivity index (χ0n) is 15.0. The number of rotatable bonds is 8. The van der Waals surface area contributed by atoms with E-state index in [0.29, 0.717) is 29.7 Å². The summed E-state index contributed by atoms with van der Waals surface area (Å²) in [6.45, 7) is 2.54. The van der Waals surface area contributed by atoms with E-state index in [2.05, 4.69) is 10.6 Å². The number of carbonyl (C=O) groups is 2. The van der Waals surface area contributed by atoms with Gasteiger partial charge in [0.15, 0.2) is 11.5 Å². The third-order valence-corrected chi connectivity index (χ3v) is 4.15. The fourth-order valence-electron chi connectivity index (χ4n) is 2.29. The first-order valence-corrected chi connectivity index (χ1v) is 8.99. The number of ether oxygens (including phenoxy) is 2. The van der Waals surface area contributed by atoms with Crippen molar-refractivity contribution < 1.29 is 19.1 Å². The second-order valence-corrected chi connectivity index (χ2v) is 6.35. The van der Waals surface area contributed by atoms with E-state index in [1.165, 1.54) is 12.1 Å². The highest BCUT2D eigenvalue weighted by atomic mass is 35.5. The summed E-state index contributed by atoms with van der Waals surface area (Å²) in [6.07, 6.45) is 0. The van der Waals surface area contributed by atoms with Gasteiger partial charge in [-0.25, -0.2) is 0 Å². The monoisotopic (exact) mass is 410 g/mol. The lowest BCUT2D eigenvalue weighted by molar-refractivity contribution is -0.120. The smallest absolute Gasteiger partial charge is 0.253 e. The summed E-state index contributed by atoms with van der Waals surface area (Å²) in [5.74, 6) is 0.451. The molecule has 0 unspecified atom stereocenters. The number of nitrogens with one attached hydrogen (secondary N) is 2. The Labute approximate surface area is 167 Å². The predicted octanol–water partition coefficient (Wildman–Crippen LogP) is 3.45. The molecule has 2 N–H and O–H groups in total. The van der Waals surface area contributed by atoms with Gasteiger partial charge >= 0.3 is 0 Å². The molecule has 2 rings (SSSR count). The molecule has 2 amide bonds. The fraction of sp³-hybridized carbons (Fsp3) is 0.263. The highest BCUT2D eigenvalue weighted by Crippen LogP contribution is 2.28. The summed E-state index contributed by atoms with van der Waals surface area (Å²) < 4.78 is 10.7. The third-order valence-electron chi connectivity index (χ3n) is 3.60. The topological polar surface area (TPSA) is 76.7 Å². The fourth-order valence-corrected chi connectivity index (χ4v) is 2.78.